The third-order valence-electron chi connectivity index (χ3n) is 6.77. The van der Waals surface area contributed by atoms with Gasteiger partial charge < -0.3 is 29.5 Å². The SMILES string of the molecule is COc1cc(NC(=O)c2cc(F)ccc2N2CCN(C(=O)Cn3cc4ccccc4c3O)[C@H](C)C2)ccn1. The molecule has 0 aliphatic carbocycles. The number of amides is 2. The number of hydrogen-bond acceptors (Lipinski definition) is 6. The number of nitrogens with one attached hydrogen (secondary N) is 1. The van der Waals surface area contributed by atoms with Crippen molar-refractivity contribution in [2.45, 2.75) is 19.5 Å². The highest BCUT2D eigenvalue weighted by atomic mass is 19.1. The Kier molecular flexibility index (Phi) is 6.87. The number of methoxy groups -OCH3 is 1. The number of aromatic nitrogens is 2. The van der Waals surface area contributed by atoms with E-state index in [1.807, 2.05) is 36.1 Å². The molecule has 0 spiro atoms. The van der Waals surface area contributed by atoms with E-state index in [1.165, 1.54) is 25.4 Å². The minimum absolute atomic E-state index is 0.0183. The number of nitrogens with zero attached hydrogens (tertiary/aromatic N) is 4. The Balaban J connectivity index is 1.30. The monoisotopic (exact) mass is 517 g/mol. The van der Waals surface area contributed by atoms with Crippen LogP contribution in [0.3, 0.4) is 0 Å². The standard InChI is InChI=1S/C28H28FN5O4/c1-18-15-32(11-12-34(18)26(35)17-33-16-19-5-3-4-6-22(19)28(33)37)24-8-7-20(29)13-23(24)27(36)31-21-9-10-30-25(14-21)38-2/h3-10,13-14,16,18,37H,11-12,15,17H2,1-2H3,(H,30,31,36)/t18-/m1/s1. The second kappa shape index (κ2) is 10.4. The van der Waals surface area contributed by atoms with Crippen molar-refractivity contribution in [3.8, 4) is 11.8 Å². The van der Waals surface area contributed by atoms with E-state index in [0.717, 1.165) is 5.39 Å². The van der Waals surface area contributed by atoms with Crippen LogP contribution in [-0.4, -0.2) is 64.2 Å². The first-order chi connectivity index (χ1) is 18.3. The summed E-state index contributed by atoms with van der Waals surface area (Å²) in [5.74, 6) is -0.690. The molecule has 9 nitrogen and oxygen atoms in total. The van der Waals surface area contributed by atoms with Gasteiger partial charge in [0.1, 0.15) is 12.4 Å². The Labute approximate surface area is 219 Å². The van der Waals surface area contributed by atoms with E-state index in [9.17, 15) is 19.1 Å². The Hall–Kier alpha value is -4.60. The lowest BCUT2D eigenvalue weighted by atomic mass is 10.1. The summed E-state index contributed by atoms with van der Waals surface area (Å²) in [6.45, 7) is 3.29. The molecule has 0 radical (unpaired) electrons. The van der Waals surface area contributed by atoms with Gasteiger partial charge in [0.25, 0.3) is 5.91 Å². The van der Waals surface area contributed by atoms with Crippen LogP contribution in [0.25, 0.3) is 10.8 Å². The van der Waals surface area contributed by atoms with Crippen LogP contribution in [0.1, 0.15) is 17.3 Å². The fourth-order valence-corrected chi connectivity index (χ4v) is 4.86. The summed E-state index contributed by atoms with van der Waals surface area (Å²) in [6.07, 6.45) is 3.28. The number of hydrogen-bond donors (Lipinski definition) is 2. The largest absolute Gasteiger partial charge is 0.494 e. The number of pyridine rings is 1. The van der Waals surface area contributed by atoms with Crippen molar-refractivity contribution in [1.29, 1.82) is 0 Å². The van der Waals surface area contributed by atoms with E-state index in [4.69, 9.17) is 4.74 Å². The second-order valence-electron chi connectivity index (χ2n) is 9.25. The molecule has 196 valence electrons. The average Bonchev–Trinajstić information content (AvgIpc) is 3.23. The predicted octanol–water partition coefficient (Wildman–Crippen LogP) is 3.88. The number of rotatable bonds is 6. The molecular weight excluding hydrogens is 489 g/mol. The molecule has 10 heteroatoms. The van der Waals surface area contributed by atoms with E-state index >= 15 is 0 Å². The van der Waals surface area contributed by atoms with Gasteiger partial charge in [-0.2, -0.15) is 0 Å². The minimum Gasteiger partial charge on any atom is -0.494 e. The second-order valence-corrected chi connectivity index (χ2v) is 9.25. The van der Waals surface area contributed by atoms with Gasteiger partial charge in [-0.05, 0) is 37.3 Å². The molecule has 0 unspecified atom stereocenters. The molecule has 38 heavy (non-hydrogen) atoms. The number of benzene rings is 2. The van der Waals surface area contributed by atoms with Gasteiger partial charge in [0.2, 0.25) is 11.8 Å². The summed E-state index contributed by atoms with van der Waals surface area (Å²) in [4.78, 5) is 34.1. The molecule has 1 saturated heterocycles. The maximum absolute atomic E-state index is 14.2. The van der Waals surface area contributed by atoms with Gasteiger partial charge in [-0.3, -0.25) is 9.59 Å². The van der Waals surface area contributed by atoms with Gasteiger partial charge in [0, 0.05) is 66.3 Å². The molecule has 1 aliphatic rings. The number of carbonyl (C=O) groups excluding carboxylic acids is 2. The summed E-state index contributed by atoms with van der Waals surface area (Å²) in [5.41, 5.74) is 1.25. The maximum Gasteiger partial charge on any atom is 0.257 e. The van der Waals surface area contributed by atoms with Gasteiger partial charge in [-0.15, -0.1) is 0 Å². The summed E-state index contributed by atoms with van der Waals surface area (Å²) >= 11 is 0. The third-order valence-corrected chi connectivity index (χ3v) is 6.77. The minimum atomic E-state index is -0.521. The van der Waals surface area contributed by atoms with Crippen molar-refractivity contribution in [3.63, 3.8) is 0 Å². The number of ether oxygens (including phenoxy) is 1. The summed E-state index contributed by atoms with van der Waals surface area (Å²) in [7, 11) is 1.48. The number of anilines is 2. The van der Waals surface area contributed by atoms with Crippen molar-refractivity contribution in [1.82, 2.24) is 14.5 Å². The molecule has 1 aliphatic heterocycles. The highest BCUT2D eigenvalue weighted by Crippen LogP contribution is 2.29. The lowest BCUT2D eigenvalue weighted by Crippen LogP contribution is -2.55. The molecule has 2 aromatic carbocycles. The van der Waals surface area contributed by atoms with Gasteiger partial charge >= 0.3 is 0 Å². The number of halogens is 1. The van der Waals surface area contributed by atoms with Gasteiger partial charge in [-0.1, -0.05) is 18.2 Å². The van der Waals surface area contributed by atoms with Crippen LogP contribution in [0.2, 0.25) is 0 Å². The first-order valence-electron chi connectivity index (χ1n) is 12.3. The van der Waals surface area contributed by atoms with Crippen molar-refractivity contribution in [2.24, 2.45) is 0 Å². The number of fused-ring (bicyclic) bond motifs is 1. The molecule has 2 aromatic heterocycles. The lowest BCUT2D eigenvalue weighted by Gasteiger charge is -2.41. The van der Waals surface area contributed by atoms with Crippen LogP contribution in [0, 0.1) is 5.82 Å². The topological polar surface area (TPSA) is 99.9 Å². The van der Waals surface area contributed by atoms with Gasteiger partial charge in [-0.25, -0.2) is 9.37 Å². The zero-order valence-electron chi connectivity index (χ0n) is 21.1. The Morgan fingerprint density at radius 3 is 2.74 bits per heavy atom. The number of carbonyl (C=O) groups is 2. The molecule has 1 fully saturated rings. The molecule has 2 N–H and O–H groups in total. The zero-order chi connectivity index (χ0) is 26.8. The molecule has 0 bridgehead atoms. The van der Waals surface area contributed by atoms with E-state index in [0.29, 0.717) is 42.3 Å². The normalized spacial score (nSPS) is 15.5. The number of aromatic hydroxyl groups is 1. The third kappa shape index (κ3) is 4.97. The molecule has 2 amide bonds. The van der Waals surface area contributed by atoms with Crippen LogP contribution < -0.4 is 15.0 Å². The van der Waals surface area contributed by atoms with Crippen LogP contribution in [0.4, 0.5) is 15.8 Å². The first-order valence-corrected chi connectivity index (χ1v) is 12.3. The van der Waals surface area contributed by atoms with Crippen molar-refractivity contribution in [3.05, 3.63) is 78.4 Å². The smallest absolute Gasteiger partial charge is 0.257 e. The predicted molar refractivity (Wildman–Crippen MR) is 142 cm³/mol. The van der Waals surface area contributed by atoms with E-state index in [-0.39, 0.29) is 29.9 Å². The highest BCUT2D eigenvalue weighted by Gasteiger charge is 2.30. The summed E-state index contributed by atoms with van der Waals surface area (Å²) in [5, 5.41) is 14.9. The lowest BCUT2D eigenvalue weighted by molar-refractivity contribution is -0.134. The number of piperazine rings is 1. The Bertz CT molecular complexity index is 1500. The van der Waals surface area contributed by atoms with E-state index in [2.05, 4.69) is 10.3 Å². The molecule has 1 atom stereocenters. The summed E-state index contributed by atoms with van der Waals surface area (Å²) in [6, 6.07) is 14.6. The van der Waals surface area contributed by atoms with E-state index in [1.54, 1.807) is 33.9 Å². The fraction of sp³-hybridized carbons (Fsp3) is 0.250. The summed E-state index contributed by atoms with van der Waals surface area (Å²) < 4.78 is 20.8. The molecule has 4 aromatic rings. The van der Waals surface area contributed by atoms with E-state index < -0.39 is 11.7 Å². The van der Waals surface area contributed by atoms with Crippen LogP contribution in [-0.2, 0) is 11.3 Å². The maximum atomic E-state index is 14.2. The van der Waals surface area contributed by atoms with Crippen molar-refractivity contribution in [2.75, 3.05) is 37.0 Å². The molecule has 5 rings (SSSR count). The van der Waals surface area contributed by atoms with Gasteiger partial charge in [0.05, 0.1) is 12.7 Å². The van der Waals surface area contributed by atoms with Crippen molar-refractivity contribution < 1.29 is 23.8 Å². The van der Waals surface area contributed by atoms with Crippen LogP contribution >= 0.6 is 0 Å². The quantitative estimate of drug-likeness (QED) is 0.403. The average molecular weight is 518 g/mol. The molecule has 3 heterocycles. The van der Waals surface area contributed by atoms with Crippen LogP contribution in [0.15, 0.2) is 67.0 Å². The van der Waals surface area contributed by atoms with Crippen molar-refractivity contribution >= 4 is 34.0 Å². The Morgan fingerprint density at radius 2 is 1.97 bits per heavy atom. The molecular formula is C28H28FN5O4. The van der Waals surface area contributed by atoms with Crippen LogP contribution in [0.5, 0.6) is 11.8 Å². The Morgan fingerprint density at radius 1 is 1.16 bits per heavy atom. The highest BCUT2D eigenvalue weighted by molar-refractivity contribution is 6.08. The fourth-order valence-electron chi connectivity index (χ4n) is 4.86. The first kappa shape index (κ1) is 25.1. The van der Waals surface area contributed by atoms with Gasteiger partial charge in [0.15, 0.2) is 5.88 Å². The zero-order valence-corrected chi connectivity index (χ0v) is 21.1. The molecule has 0 saturated carbocycles.